The van der Waals surface area contributed by atoms with Gasteiger partial charge in [0.25, 0.3) is 0 Å². The number of hydrogen-bond donors (Lipinski definition) is 0. The lowest BCUT2D eigenvalue weighted by atomic mass is 9.96. The van der Waals surface area contributed by atoms with E-state index in [1.807, 2.05) is 29.3 Å². The summed E-state index contributed by atoms with van der Waals surface area (Å²) in [6, 6.07) is 16.5. The van der Waals surface area contributed by atoms with Crippen LogP contribution in [0.4, 0.5) is 0 Å². The number of hydrogen-bond acceptors (Lipinski definition) is 2. The van der Waals surface area contributed by atoms with Gasteiger partial charge < -0.3 is 9.47 Å². The fourth-order valence-corrected chi connectivity index (χ4v) is 2.66. The van der Waals surface area contributed by atoms with Crippen LogP contribution in [0.15, 0.2) is 53.5 Å². The number of benzene rings is 2. The van der Waals surface area contributed by atoms with Crippen molar-refractivity contribution >= 4 is 21.5 Å². The second kappa shape index (κ2) is 8.01. The van der Waals surface area contributed by atoms with Crippen molar-refractivity contribution in [3.05, 3.63) is 70.2 Å². The van der Waals surface area contributed by atoms with Crippen LogP contribution >= 0.6 is 15.9 Å². The van der Waals surface area contributed by atoms with E-state index in [4.69, 9.17) is 9.47 Å². The van der Waals surface area contributed by atoms with Crippen LogP contribution in [-0.2, 0) is 11.2 Å². The minimum Gasteiger partial charge on any atom is -0.467 e. The van der Waals surface area contributed by atoms with Crippen molar-refractivity contribution in [2.24, 2.45) is 0 Å². The van der Waals surface area contributed by atoms with E-state index in [0.29, 0.717) is 0 Å². The van der Waals surface area contributed by atoms with Gasteiger partial charge in [0.2, 0.25) is 0 Å². The van der Waals surface area contributed by atoms with Gasteiger partial charge in [-0.15, -0.1) is 0 Å². The molecule has 0 radical (unpaired) electrons. The smallest absolute Gasteiger partial charge is 0.188 e. The van der Waals surface area contributed by atoms with Crippen LogP contribution in [0.2, 0.25) is 0 Å². The second-order valence-electron chi connectivity index (χ2n) is 4.62. The molecule has 2 nitrogen and oxygen atoms in total. The first kappa shape index (κ1) is 15.8. The predicted octanol–water partition coefficient (Wildman–Crippen LogP) is 5.02. The third kappa shape index (κ3) is 3.96. The van der Waals surface area contributed by atoms with Crippen LogP contribution in [0.5, 0.6) is 5.75 Å². The van der Waals surface area contributed by atoms with E-state index >= 15 is 0 Å². The van der Waals surface area contributed by atoms with Crippen molar-refractivity contribution in [3.63, 3.8) is 0 Å². The molecule has 0 aliphatic rings. The number of halogens is 1. The van der Waals surface area contributed by atoms with Crippen LogP contribution in [-0.4, -0.2) is 13.9 Å². The predicted molar refractivity (Wildman–Crippen MR) is 90.8 cm³/mol. The summed E-state index contributed by atoms with van der Waals surface area (Å²) in [7, 11) is 1.62. The van der Waals surface area contributed by atoms with Gasteiger partial charge in [-0.1, -0.05) is 59.3 Å². The topological polar surface area (TPSA) is 18.5 Å². The Morgan fingerprint density at radius 3 is 2.52 bits per heavy atom. The van der Waals surface area contributed by atoms with Gasteiger partial charge in [-0.25, -0.2) is 0 Å². The molecule has 0 spiro atoms. The highest BCUT2D eigenvalue weighted by molar-refractivity contribution is 9.11. The molecule has 0 aromatic heterocycles. The Balaban J connectivity index is 2.48. The van der Waals surface area contributed by atoms with Crippen LogP contribution < -0.4 is 4.74 Å². The van der Waals surface area contributed by atoms with Crippen molar-refractivity contribution in [3.8, 4) is 5.75 Å². The first-order valence-corrected chi connectivity index (χ1v) is 7.82. The van der Waals surface area contributed by atoms with Crippen molar-refractivity contribution in [1.82, 2.24) is 0 Å². The quantitative estimate of drug-likeness (QED) is 0.684. The largest absolute Gasteiger partial charge is 0.467 e. The fourth-order valence-electron chi connectivity index (χ4n) is 2.15. The Labute approximate surface area is 134 Å². The third-order valence-corrected chi connectivity index (χ3v) is 3.73. The van der Waals surface area contributed by atoms with E-state index in [2.05, 4.69) is 47.1 Å². The van der Waals surface area contributed by atoms with Crippen molar-refractivity contribution in [1.29, 1.82) is 0 Å². The molecule has 2 aromatic rings. The summed E-state index contributed by atoms with van der Waals surface area (Å²) in [5.74, 6) is 0.823. The summed E-state index contributed by atoms with van der Waals surface area (Å²) in [6.07, 6.45) is 0.988. The Hall–Kier alpha value is -1.58. The molecular formula is C18H19BrO2. The molecule has 0 bridgehead atoms. The van der Waals surface area contributed by atoms with Gasteiger partial charge in [0, 0.05) is 12.7 Å². The molecule has 0 atom stereocenters. The molecule has 0 heterocycles. The molecular weight excluding hydrogens is 328 g/mol. The van der Waals surface area contributed by atoms with Crippen LogP contribution in [0, 0.1) is 0 Å². The highest BCUT2D eigenvalue weighted by Gasteiger charge is 2.11. The monoisotopic (exact) mass is 346 g/mol. The number of rotatable bonds is 6. The van der Waals surface area contributed by atoms with Gasteiger partial charge in [-0.3, -0.25) is 0 Å². The van der Waals surface area contributed by atoms with Gasteiger partial charge >= 0.3 is 0 Å². The minimum absolute atomic E-state index is 0.239. The highest BCUT2D eigenvalue weighted by Crippen LogP contribution is 2.33. The maximum atomic E-state index is 5.71. The Morgan fingerprint density at radius 2 is 1.90 bits per heavy atom. The summed E-state index contributed by atoms with van der Waals surface area (Å²) in [5.41, 5.74) is 4.58. The minimum atomic E-state index is 0.239. The molecule has 0 saturated carbocycles. The Morgan fingerprint density at radius 1 is 1.14 bits per heavy atom. The molecule has 2 rings (SSSR count). The average Bonchev–Trinajstić information content (AvgIpc) is 2.55. The van der Waals surface area contributed by atoms with Gasteiger partial charge in [-0.2, -0.15) is 0 Å². The van der Waals surface area contributed by atoms with Gasteiger partial charge in [0.1, 0.15) is 5.75 Å². The van der Waals surface area contributed by atoms with Crippen LogP contribution in [0.3, 0.4) is 0 Å². The van der Waals surface area contributed by atoms with E-state index in [-0.39, 0.29) is 6.79 Å². The standard InChI is InChI=1S/C18H19BrO2/c1-3-14-9-10-18(21-13-20-2)16(11-14)17(12-19)15-7-5-4-6-8-15/h4-12H,3,13H2,1-2H3/b17-12+. The van der Waals surface area contributed by atoms with Gasteiger partial charge in [0.05, 0.1) is 0 Å². The zero-order valence-electron chi connectivity index (χ0n) is 12.3. The zero-order valence-corrected chi connectivity index (χ0v) is 13.9. The molecule has 21 heavy (non-hydrogen) atoms. The maximum Gasteiger partial charge on any atom is 0.188 e. The lowest BCUT2D eigenvalue weighted by Crippen LogP contribution is -2.02. The van der Waals surface area contributed by atoms with Crippen molar-refractivity contribution in [2.75, 3.05) is 13.9 Å². The fraction of sp³-hybridized carbons (Fsp3) is 0.222. The molecule has 3 heteroatoms. The van der Waals surface area contributed by atoms with Gasteiger partial charge in [-0.05, 0) is 40.2 Å². The normalized spacial score (nSPS) is 11.5. The first-order chi connectivity index (χ1) is 10.3. The summed E-state index contributed by atoms with van der Waals surface area (Å²) in [4.78, 5) is 1.94. The molecule has 0 fully saturated rings. The lowest BCUT2D eigenvalue weighted by molar-refractivity contribution is 0.0509. The number of aryl methyl sites for hydroxylation is 1. The Bertz CT molecular complexity index is 606. The van der Waals surface area contributed by atoms with Crippen LogP contribution in [0.25, 0.3) is 5.57 Å². The van der Waals surface area contributed by atoms with E-state index in [9.17, 15) is 0 Å². The lowest BCUT2D eigenvalue weighted by Gasteiger charge is -2.15. The van der Waals surface area contributed by atoms with E-state index in [0.717, 1.165) is 28.9 Å². The summed E-state index contributed by atoms with van der Waals surface area (Å²) >= 11 is 3.49. The maximum absolute atomic E-state index is 5.71. The number of ether oxygens (including phenoxy) is 2. The molecule has 110 valence electrons. The highest BCUT2D eigenvalue weighted by atomic mass is 79.9. The van der Waals surface area contributed by atoms with E-state index < -0.39 is 0 Å². The van der Waals surface area contributed by atoms with Crippen LogP contribution in [0.1, 0.15) is 23.6 Å². The first-order valence-electron chi connectivity index (χ1n) is 6.91. The molecule has 0 aliphatic carbocycles. The summed E-state index contributed by atoms with van der Waals surface area (Å²) < 4.78 is 10.7. The van der Waals surface area contributed by atoms with Crippen molar-refractivity contribution < 1.29 is 9.47 Å². The van der Waals surface area contributed by atoms with E-state index in [1.165, 1.54) is 5.56 Å². The Kier molecular flexibility index (Phi) is 6.03. The third-order valence-electron chi connectivity index (χ3n) is 3.27. The zero-order chi connectivity index (χ0) is 15.1. The molecule has 0 amide bonds. The van der Waals surface area contributed by atoms with E-state index in [1.54, 1.807) is 7.11 Å². The van der Waals surface area contributed by atoms with Crippen molar-refractivity contribution in [2.45, 2.75) is 13.3 Å². The molecule has 0 saturated heterocycles. The second-order valence-corrected chi connectivity index (χ2v) is 5.08. The molecule has 2 aromatic carbocycles. The molecule has 0 N–H and O–H groups in total. The SMILES string of the molecule is CCc1ccc(OCOC)c(/C(=C/Br)c2ccccc2)c1. The molecule has 0 unspecified atom stereocenters. The molecule has 0 aliphatic heterocycles. The average molecular weight is 347 g/mol. The van der Waals surface area contributed by atoms with Gasteiger partial charge in [0.15, 0.2) is 6.79 Å². The number of methoxy groups -OCH3 is 1. The summed E-state index contributed by atoms with van der Waals surface area (Å²) in [6.45, 7) is 2.39. The summed E-state index contributed by atoms with van der Waals surface area (Å²) in [5, 5.41) is 0.